The van der Waals surface area contributed by atoms with E-state index in [0.29, 0.717) is 17.9 Å². The second kappa shape index (κ2) is 15.0. The quantitative estimate of drug-likeness (QED) is 0.108. The Bertz CT molecular complexity index is 1480. The zero-order valence-corrected chi connectivity index (χ0v) is 27.6. The van der Waals surface area contributed by atoms with E-state index in [1.165, 1.54) is 5.56 Å². The maximum absolute atomic E-state index is 12.6. The molecule has 1 aromatic heterocycles. The maximum atomic E-state index is 12.6. The summed E-state index contributed by atoms with van der Waals surface area (Å²) < 4.78 is 13.5. The summed E-state index contributed by atoms with van der Waals surface area (Å²) in [5.41, 5.74) is 9.79. The Hall–Kier alpha value is -3.23. The highest BCUT2D eigenvalue weighted by molar-refractivity contribution is 6.74. The van der Waals surface area contributed by atoms with Crippen molar-refractivity contribution in [2.45, 2.75) is 77.4 Å². The topological polar surface area (TPSA) is 80.6 Å². The Kier molecular flexibility index (Phi) is 11.4. The third kappa shape index (κ3) is 9.13. The fourth-order valence-electron chi connectivity index (χ4n) is 5.08. The number of ether oxygens (including phenoxy) is 1. The molecule has 6 nitrogen and oxygen atoms in total. The Balaban J connectivity index is 1.73. The van der Waals surface area contributed by atoms with E-state index in [1.807, 2.05) is 42.5 Å². The number of fused-ring (bicyclic) bond motifs is 1. The smallest absolute Gasteiger partial charge is 0.248 e. The molecule has 4 aromatic rings. The summed E-state index contributed by atoms with van der Waals surface area (Å²) in [5.74, 6) is 0.661. The van der Waals surface area contributed by atoms with Gasteiger partial charge in [-0.15, -0.1) is 0 Å². The fourth-order valence-corrected chi connectivity index (χ4v) is 6.35. The van der Waals surface area contributed by atoms with Gasteiger partial charge in [-0.3, -0.25) is 9.69 Å². The van der Waals surface area contributed by atoms with Crippen LogP contribution in [-0.2, 0) is 17.6 Å². The first-order valence-electron chi connectivity index (χ1n) is 15.5. The lowest BCUT2D eigenvalue weighted by Gasteiger charge is -2.41. The molecule has 3 N–H and O–H groups in total. The molecule has 0 aliphatic rings. The van der Waals surface area contributed by atoms with Crippen LogP contribution in [0, 0.1) is 0 Å². The molecular weight excluding hydrogens is 551 g/mol. The molecule has 1 heterocycles. The first-order chi connectivity index (χ1) is 20.6. The van der Waals surface area contributed by atoms with E-state index in [9.17, 15) is 4.79 Å². The van der Waals surface area contributed by atoms with E-state index in [2.05, 4.69) is 80.1 Å². The van der Waals surface area contributed by atoms with Crippen LogP contribution in [0.15, 0.2) is 89.7 Å². The standard InChI is InChI=1S/C36H49N3O3Si/c1-36(2,3)43(4,5)42-33(26-39(24-14-8-13-23-37)25-28-15-9-6-10-16-28)30-19-21-32(35-31(30)20-22-34(40)38-35)41-27-29-17-11-7-12-18-29/h6-7,9-12,15-22,33H,8,13-14,23-27,37H2,1-5H3,(H,38,40). The normalized spacial score (nSPS) is 13.0. The second-order valence-electron chi connectivity index (χ2n) is 13.0. The van der Waals surface area contributed by atoms with Crippen molar-refractivity contribution >= 4 is 19.2 Å². The summed E-state index contributed by atoms with van der Waals surface area (Å²) in [6.45, 7) is 15.1. The molecule has 0 amide bonds. The van der Waals surface area contributed by atoms with Crippen LogP contribution in [0.2, 0.25) is 18.1 Å². The monoisotopic (exact) mass is 599 g/mol. The molecule has 43 heavy (non-hydrogen) atoms. The maximum Gasteiger partial charge on any atom is 0.248 e. The molecule has 0 spiro atoms. The average molecular weight is 600 g/mol. The lowest BCUT2D eigenvalue weighted by atomic mass is 10.0. The van der Waals surface area contributed by atoms with Crippen molar-refractivity contribution in [1.29, 1.82) is 0 Å². The first kappa shape index (κ1) is 32.7. The van der Waals surface area contributed by atoms with Crippen LogP contribution in [0.4, 0.5) is 0 Å². The van der Waals surface area contributed by atoms with Crippen LogP contribution in [0.25, 0.3) is 10.9 Å². The van der Waals surface area contributed by atoms with Gasteiger partial charge in [-0.25, -0.2) is 0 Å². The number of pyridine rings is 1. The fraction of sp³-hybridized carbons (Fsp3) is 0.417. The number of benzene rings is 3. The van der Waals surface area contributed by atoms with Crippen LogP contribution < -0.4 is 16.0 Å². The van der Waals surface area contributed by atoms with Crippen molar-refractivity contribution in [2.75, 3.05) is 19.6 Å². The van der Waals surface area contributed by atoms with Crippen LogP contribution in [-0.4, -0.2) is 37.8 Å². The van der Waals surface area contributed by atoms with E-state index < -0.39 is 8.32 Å². The molecule has 7 heteroatoms. The number of aromatic nitrogens is 1. The Labute approximate surface area is 258 Å². The minimum Gasteiger partial charge on any atom is -0.487 e. The minimum atomic E-state index is -2.17. The summed E-state index contributed by atoms with van der Waals surface area (Å²) in [6.07, 6.45) is 3.03. The van der Waals surface area contributed by atoms with Crippen LogP contribution in [0.3, 0.4) is 0 Å². The number of hydrogen-bond acceptors (Lipinski definition) is 5. The zero-order chi connectivity index (χ0) is 30.9. The summed E-state index contributed by atoms with van der Waals surface area (Å²) in [4.78, 5) is 18.1. The molecular formula is C36H49N3O3Si. The van der Waals surface area contributed by atoms with Crippen LogP contribution in [0.1, 0.15) is 62.8 Å². The van der Waals surface area contributed by atoms with Crippen molar-refractivity contribution in [1.82, 2.24) is 9.88 Å². The highest BCUT2D eigenvalue weighted by Gasteiger charge is 2.40. The van der Waals surface area contributed by atoms with Gasteiger partial charge < -0.3 is 19.9 Å². The highest BCUT2D eigenvalue weighted by atomic mass is 28.4. The second-order valence-corrected chi connectivity index (χ2v) is 17.7. The van der Waals surface area contributed by atoms with Gasteiger partial charge in [0.1, 0.15) is 12.4 Å². The Morgan fingerprint density at radius 1 is 0.860 bits per heavy atom. The molecule has 0 aliphatic carbocycles. The summed E-state index contributed by atoms with van der Waals surface area (Å²) in [6, 6.07) is 28.4. The molecule has 0 aliphatic heterocycles. The average Bonchev–Trinajstić information content (AvgIpc) is 2.98. The van der Waals surface area contributed by atoms with E-state index in [1.54, 1.807) is 6.07 Å². The summed E-state index contributed by atoms with van der Waals surface area (Å²) >= 11 is 0. The van der Waals surface area contributed by atoms with Gasteiger partial charge in [0.05, 0.1) is 11.6 Å². The zero-order valence-electron chi connectivity index (χ0n) is 26.6. The first-order valence-corrected chi connectivity index (χ1v) is 18.4. The van der Waals surface area contributed by atoms with Gasteiger partial charge in [0.2, 0.25) is 5.56 Å². The lowest BCUT2D eigenvalue weighted by molar-refractivity contribution is 0.115. The molecule has 230 valence electrons. The predicted octanol–water partition coefficient (Wildman–Crippen LogP) is 7.80. The molecule has 0 bridgehead atoms. The number of rotatable bonds is 15. The molecule has 0 fully saturated rings. The molecule has 3 aromatic carbocycles. The van der Waals surface area contributed by atoms with Crippen molar-refractivity contribution < 1.29 is 9.16 Å². The van der Waals surface area contributed by atoms with Gasteiger partial charge in [-0.2, -0.15) is 0 Å². The van der Waals surface area contributed by atoms with Gasteiger partial charge in [-0.1, -0.05) is 93.9 Å². The molecule has 0 radical (unpaired) electrons. The number of nitrogens with zero attached hydrogens (tertiary/aromatic N) is 1. The lowest BCUT2D eigenvalue weighted by Crippen LogP contribution is -2.44. The van der Waals surface area contributed by atoms with Gasteiger partial charge in [0.25, 0.3) is 0 Å². The Morgan fingerprint density at radius 3 is 2.19 bits per heavy atom. The summed E-state index contributed by atoms with van der Waals surface area (Å²) in [7, 11) is -2.17. The van der Waals surface area contributed by atoms with Gasteiger partial charge in [0, 0.05) is 24.5 Å². The Morgan fingerprint density at radius 2 is 1.53 bits per heavy atom. The van der Waals surface area contributed by atoms with Gasteiger partial charge in [-0.05, 0) is 72.9 Å². The number of nitrogens with two attached hydrogens (primary N) is 1. The number of nitrogens with one attached hydrogen (secondary N) is 1. The molecule has 4 rings (SSSR count). The van der Waals surface area contributed by atoms with Crippen LogP contribution in [0.5, 0.6) is 5.75 Å². The van der Waals surface area contributed by atoms with E-state index in [4.69, 9.17) is 14.9 Å². The van der Waals surface area contributed by atoms with E-state index >= 15 is 0 Å². The third-order valence-corrected chi connectivity index (χ3v) is 13.1. The van der Waals surface area contributed by atoms with E-state index in [0.717, 1.165) is 62.0 Å². The number of unbranched alkanes of at least 4 members (excludes halogenated alkanes) is 2. The summed E-state index contributed by atoms with van der Waals surface area (Å²) in [5, 5.41) is 0.996. The number of aromatic amines is 1. The number of H-pyrrole nitrogens is 1. The van der Waals surface area contributed by atoms with Gasteiger partial charge in [0.15, 0.2) is 8.32 Å². The minimum absolute atomic E-state index is 0.0412. The van der Waals surface area contributed by atoms with Crippen LogP contribution >= 0.6 is 0 Å². The van der Waals surface area contributed by atoms with Crippen molar-refractivity contribution in [3.63, 3.8) is 0 Å². The largest absolute Gasteiger partial charge is 0.487 e. The molecule has 1 unspecified atom stereocenters. The molecule has 0 saturated carbocycles. The highest BCUT2D eigenvalue weighted by Crippen LogP contribution is 2.41. The van der Waals surface area contributed by atoms with Crippen molar-refractivity contribution in [2.24, 2.45) is 5.73 Å². The number of hydrogen-bond donors (Lipinski definition) is 2. The molecule has 1 atom stereocenters. The van der Waals surface area contributed by atoms with Gasteiger partial charge >= 0.3 is 0 Å². The van der Waals surface area contributed by atoms with Crippen molar-refractivity contribution in [3.8, 4) is 5.75 Å². The van der Waals surface area contributed by atoms with Crippen molar-refractivity contribution in [3.05, 3.63) is 112 Å². The third-order valence-electron chi connectivity index (χ3n) is 8.57. The SMILES string of the molecule is CC(C)(C)[Si](C)(C)OC(CN(CCCCCN)Cc1ccccc1)c1ccc(OCc2ccccc2)c2[nH]c(=O)ccc12. The van der Waals surface area contributed by atoms with E-state index in [-0.39, 0.29) is 16.7 Å². The molecule has 0 saturated heterocycles. The predicted molar refractivity (Wildman–Crippen MR) is 181 cm³/mol.